The zero-order valence-corrected chi connectivity index (χ0v) is 12.4. The van der Waals surface area contributed by atoms with Crippen molar-refractivity contribution in [1.82, 2.24) is 15.3 Å². The van der Waals surface area contributed by atoms with E-state index in [2.05, 4.69) is 15.3 Å². The van der Waals surface area contributed by atoms with Gasteiger partial charge in [-0.2, -0.15) is 0 Å². The van der Waals surface area contributed by atoms with E-state index in [1.807, 2.05) is 18.3 Å². The Labute approximate surface area is 132 Å². The quantitative estimate of drug-likeness (QED) is 0.672. The summed E-state index contributed by atoms with van der Waals surface area (Å²) in [6.45, 7) is 0.331. The van der Waals surface area contributed by atoms with Crippen molar-refractivity contribution in [3.05, 3.63) is 65.7 Å². The first-order chi connectivity index (χ1) is 11.1. The molecule has 5 nitrogen and oxygen atoms in total. The third kappa shape index (κ3) is 3.54. The number of pyridine rings is 1. The molecule has 118 valence electrons. The molecule has 0 bridgehead atoms. The molecular formula is C17H17FN4O. The Hall–Kier alpha value is -2.73. The number of fused-ring (bicyclic) bond motifs is 1. The van der Waals surface area contributed by atoms with Crippen LogP contribution < -0.4 is 11.1 Å². The Morgan fingerprint density at radius 3 is 3.00 bits per heavy atom. The van der Waals surface area contributed by atoms with Crippen LogP contribution in [0.3, 0.4) is 0 Å². The smallest absolute Gasteiger partial charge is 0.237 e. The van der Waals surface area contributed by atoms with Crippen molar-refractivity contribution in [1.29, 1.82) is 0 Å². The van der Waals surface area contributed by atoms with Crippen LogP contribution >= 0.6 is 0 Å². The third-order valence-corrected chi connectivity index (χ3v) is 3.66. The SMILES string of the molecule is N[C@@H](Cc1ccccc1F)C(=O)NCc1cnc2[nH]ccc2c1. The molecule has 0 fully saturated rings. The Balaban J connectivity index is 1.59. The number of nitrogens with one attached hydrogen (secondary N) is 2. The van der Waals surface area contributed by atoms with Gasteiger partial charge in [0.15, 0.2) is 0 Å². The third-order valence-electron chi connectivity index (χ3n) is 3.66. The zero-order chi connectivity index (χ0) is 16.2. The van der Waals surface area contributed by atoms with E-state index < -0.39 is 6.04 Å². The number of carbonyl (C=O) groups excluding carboxylic acids is 1. The molecule has 2 heterocycles. The van der Waals surface area contributed by atoms with Crippen LogP contribution in [-0.2, 0) is 17.8 Å². The van der Waals surface area contributed by atoms with E-state index in [0.717, 1.165) is 16.6 Å². The van der Waals surface area contributed by atoms with E-state index in [-0.39, 0.29) is 18.1 Å². The first kappa shape index (κ1) is 15.2. The van der Waals surface area contributed by atoms with Crippen LogP contribution in [-0.4, -0.2) is 21.9 Å². The van der Waals surface area contributed by atoms with Crippen molar-refractivity contribution < 1.29 is 9.18 Å². The van der Waals surface area contributed by atoms with Gasteiger partial charge in [0, 0.05) is 24.3 Å². The summed E-state index contributed by atoms with van der Waals surface area (Å²) in [7, 11) is 0. The van der Waals surface area contributed by atoms with E-state index in [4.69, 9.17) is 5.73 Å². The molecule has 0 radical (unpaired) electrons. The van der Waals surface area contributed by atoms with Gasteiger partial charge in [0.25, 0.3) is 0 Å². The van der Waals surface area contributed by atoms with Gasteiger partial charge in [-0.25, -0.2) is 9.37 Å². The minimum Gasteiger partial charge on any atom is -0.351 e. The predicted octanol–water partition coefficient (Wildman–Crippen LogP) is 1.89. The number of nitrogens with zero attached hydrogens (tertiary/aromatic N) is 1. The lowest BCUT2D eigenvalue weighted by Gasteiger charge is -2.13. The predicted molar refractivity (Wildman–Crippen MR) is 86.0 cm³/mol. The van der Waals surface area contributed by atoms with Crippen LogP contribution in [0.15, 0.2) is 48.8 Å². The number of halogens is 1. The maximum Gasteiger partial charge on any atom is 0.237 e. The molecular weight excluding hydrogens is 295 g/mol. The Kier molecular flexibility index (Phi) is 4.34. The van der Waals surface area contributed by atoms with Crippen LogP contribution in [0.5, 0.6) is 0 Å². The fourth-order valence-electron chi connectivity index (χ4n) is 2.40. The van der Waals surface area contributed by atoms with Gasteiger partial charge in [-0.15, -0.1) is 0 Å². The molecule has 6 heteroatoms. The summed E-state index contributed by atoms with van der Waals surface area (Å²) in [6.07, 6.45) is 3.67. The molecule has 0 aliphatic carbocycles. The highest BCUT2D eigenvalue weighted by Gasteiger charge is 2.15. The van der Waals surface area contributed by atoms with Gasteiger partial charge >= 0.3 is 0 Å². The average Bonchev–Trinajstić information content (AvgIpc) is 3.02. The van der Waals surface area contributed by atoms with E-state index in [0.29, 0.717) is 12.1 Å². The summed E-state index contributed by atoms with van der Waals surface area (Å²) >= 11 is 0. The first-order valence-electron chi connectivity index (χ1n) is 7.32. The molecule has 23 heavy (non-hydrogen) atoms. The summed E-state index contributed by atoms with van der Waals surface area (Å²) in [6, 6.07) is 9.38. The number of nitrogens with two attached hydrogens (primary N) is 1. The monoisotopic (exact) mass is 312 g/mol. The van der Waals surface area contributed by atoms with Gasteiger partial charge < -0.3 is 16.0 Å². The first-order valence-corrected chi connectivity index (χ1v) is 7.32. The number of carbonyl (C=O) groups is 1. The number of hydrogen-bond acceptors (Lipinski definition) is 3. The number of benzene rings is 1. The molecule has 3 rings (SSSR count). The van der Waals surface area contributed by atoms with Crippen LogP contribution in [0.2, 0.25) is 0 Å². The number of H-pyrrole nitrogens is 1. The number of hydrogen-bond donors (Lipinski definition) is 3. The van der Waals surface area contributed by atoms with Crippen molar-refractivity contribution in [2.24, 2.45) is 5.73 Å². The van der Waals surface area contributed by atoms with Crippen LogP contribution in [0.1, 0.15) is 11.1 Å². The minimum atomic E-state index is -0.796. The summed E-state index contributed by atoms with van der Waals surface area (Å²) in [4.78, 5) is 19.3. The van der Waals surface area contributed by atoms with Crippen LogP contribution in [0.4, 0.5) is 4.39 Å². The van der Waals surface area contributed by atoms with Gasteiger partial charge in [-0.05, 0) is 35.7 Å². The molecule has 1 aromatic carbocycles. The van der Waals surface area contributed by atoms with Crippen molar-refractivity contribution in [3.63, 3.8) is 0 Å². The zero-order valence-electron chi connectivity index (χ0n) is 12.4. The van der Waals surface area contributed by atoms with E-state index >= 15 is 0 Å². The van der Waals surface area contributed by atoms with Crippen LogP contribution in [0.25, 0.3) is 11.0 Å². The number of aromatic nitrogens is 2. The molecule has 1 atom stereocenters. The Bertz CT molecular complexity index is 830. The second kappa shape index (κ2) is 6.58. The highest BCUT2D eigenvalue weighted by atomic mass is 19.1. The van der Waals surface area contributed by atoms with Gasteiger partial charge in [-0.3, -0.25) is 4.79 Å². The van der Waals surface area contributed by atoms with Gasteiger partial charge in [0.2, 0.25) is 5.91 Å². The number of aromatic amines is 1. The topological polar surface area (TPSA) is 83.8 Å². The molecule has 2 aromatic heterocycles. The second-order valence-corrected chi connectivity index (χ2v) is 5.38. The number of amides is 1. The summed E-state index contributed by atoms with van der Waals surface area (Å²) in [5.74, 6) is -0.666. The van der Waals surface area contributed by atoms with Crippen molar-refractivity contribution >= 4 is 16.9 Å². The highest BCUT2D eigenvalue weighted by molar-refractivity contribution is 5.82. The van der Waals surface area contributed by atoms with Crippen molar-refractivity contribution in [2.45, 2.75) is 19.0 Å². The standard InChI is InChI=1S/C17H17FN4O/c18-14-4-2-1-3-12(14)8-15(19)17(23)22-10-11-7-13-5-6-20-16(13)21-9-11/h1-7,9,15H,8,10,19H2,(H,20,21)(H,22,23)/t15-/m0/s1. The maximum absolute atomic E-state index is 13.6. The molecule has 0 unspecified atom stereocenters. The summed E-state index contributed by atoms with van der Waals surface area (Å²) in [5.41, 5.74) is 7.97. The minimum absolute atomic E-state index is 0.160. The molecule has 3 aromatic rings. The fraction of sp³-hybridized carbons (Fsp3) is 0.176. The molecule has 4 N–H and O–H groups in total. The molecule has 0 saturated heterocycles. The lowest BCUT2D eigenvalue weighted by molar-refractivity contribution is -0.122. The van der Waals surface area contributed by atoms with Gasteiger partial charge in [0.05, 0.1) is 6.04 Å². The molecule has 0 aliphatic heterocycles. The highest BCUT2D eigenvalue weighted by Crippen LogP contribution is 2.11. The molecule has 0 spiro atoms. The normalized spacial score (nSPS) is 12.3. The summed E-state index contributed by atoms with van der Waals surface area (Å²) in [5, 5.41) is 3.74. The fourth-order valence-corrected chi connectivity index (χ4v) is 2.40. The second-order valence-electron chi connectivity index (χ2n) is 5.38. The Morgan fingerprint density at radius 1 is 1.35 bits per heavy atom. The van der Waals surface area contributed by atoms with Gasteiger partial charge in [0.1, 0.15) is 11.5 Å². The average molecular weight is 312 g/mol. The van der Waals surface area contributed by atoms with Gasteiger partial charge in [-0.1, -0.05) is 18.2 Å². The van der Waals surface area contributed by atoms with Crippen molar-refractivity contribution in [2.75, 3.05) is 0 Å². The van der Waals surface area contributed by atoms with Crippen molar-refractivity contribution in [3.8, 4) is 0 Å². The van der Waals surface area contributed by atoms with E-state index in [1.54, 1.807) is 24.4 Å². The molecule has 0 aliphatic rings. The van der Waals surface area contributed by atoms with Crippen LogP contribution in [0, 0.1) is 5.82 Å². The number of rotatable bonds is 5. The lowest BCUT2D eigenvalue weighted by atomic mass is 10.1. The maximum atomic E-state index is 13.6. The van der Waals surface area contributed by atoms with E-state index in [9.17, 15) is 9.18 Å². The molecule has 1 amide bonds. The Morgan fingerprint density at radius 2 is 2.17 bits per heavy atom. The summed E-state index contributed by atoms with van der Waals surface area (Å²) < 4.78 is 13.6. The van der Waals surface area contributed by atoms with E-state index in [1.165, 1.54) is 6.07 Å². The lowest BCUT2D eigenvalue weighted by Crippen LogP contribution is -2.41. The molecule has 0 saturated carbocycles. The largest absolute Gasteiger partial charge is 0.351 e.